The van der Waals surface area contributed by atoms with Crippen molar-refractivity contribution in [1.82, 2.24) is 4.90 Å². The highest BCUT2D eigenvalue weighted by molar-refractivity contribution is 6.03. The first-order valence-electron chi connectivity index (χ1n) is 22.1. The van der Waals surface area contributed by atoms with E-state index in [0.717, 1.165) is 61.6 Å². The summed E-state index contributed by atoms with van der Waals surface area (Å²) >= 11 is 0. The number of phenols is 1. The first kappa shape index (κ1) is 45.8. The van der Waals surface area contributed by atoms with Crippen LogP contribution in [0.4, 0.5) is 5.69 Å². The van der Waals surface area contributed by atoms with Crippen LogP contribution in [-0.2, 0) is 21.0 Å². The van der Waals surface area contributed by atoms with Gasteiger partial charge < -0.3 is 34.5 Å². The van der Waals surface area contributed by atoms with Gasteiger partial charge in [-0.25, -0.2) is 0 Å². The number of hydrogen-bond acceptors (Lipinski definition) is 10. The molecule has 12 nitrogen and oxygen atoms in total. The highest BCUT2D eigenvalue weighted by Crippen LogP contribution is 2.61. The van der Waals surface area contributed by atoms with Crippen LogP contribution >= 0.6 is 0 Å². The number of carbonyl (C=O) groups excluding carboxylic acids is 1. The molecule has 2 aromatic rings. The molecule has 1 fully saturated rings. The number of aromatic hydroxyl groups is 1. The number of allylic oxidation sites excluding steroid dienone is 1. The van der Waals surface area contributed by atoms with E-state index in [1.807, 2.05) is 7.05 Å². The normalized spacial score (nSPS) is 23.8. The van der Waals surface area contributed by atoms with Gasteiger partial charge in [-0.05, 0) is 85.4 Å². The molecule has 0 radical (unpaired) electrons. The van der Waals surface area contributed by atoms with Gasteiger partial charge in [0.05, 0.1) is 23.2 Å². The number of non-ortho nitro benzene ring substituents is 1. The molecule has 0 saturated heterocycles. The summed E-state index contributed by atoms with van der Waals surface area (Å²) in [7, 11) is 1.83. The molecule has 1 heterocycles. The molecule has 0 spiro atoms. The maximum absolute atomic E-state index is 14.3. The fraction of sp³-hybridized carbons (Fsp3) is 0.617. The first-order valence-corrected chi connectivity index (χ1v) is 22.1. The molecule has 6 atom stereocenters. The Hall–Kier alpha value is -4.26. The predicted octanol–water partition coefficient (Wildman–Crippen LogP) is 9.51. The Morgan fingerprint density at radius 1 is 0.983 bits per heavy atom. The minimum atomic E-state index is -1.35. The van der Waals surface area contributed by atoms with Crippen molar-refractivity contribution in [3.05, 3.63) is 88.0 Å². The lowest BCUT2D eigenvalue weighted by Crippen LogP contribution is -2.69. The van der Waals surface area contributed by atoms with E-state index in [9.17, 15) is 30.2 Å². The molecule has 3 aliphatic rings. The lowest BCUT2D eigenvalue weighted by Gasteiger charge is -2.59. The molecule has 1 aliphatic heterocycles. The summed E-state index contributed by atoms with van der Waals surface area (Å²) in [5.41, 5.74) is 3.14. The standard InChI is InChI=1S/C47H67N3O9/c1-4-6-7-8-9-10-11-12-13-20-44(54)49(3)43-32-41(48-58-33-34-21-23-36(24-22-34)50(55)56)39-30-35(18-14-16-27-51)38(19-15-17-28-52)45-40-31-37(53)25-26-42(40)59-47(43,46(39)45)57-29-5-2/h5,21-26,30-31,35,38,43,45-46,51-53H,2,4,6-20,27-29,32-33H2,1,3H3. The Kier molecular flexibility index (Phi) is 17.8. The van der Waals surface area contributed by atoms with Crippen LogP contribution in [0.5, 0.6) is 11.5 Å². The quantitative estimate of drug-likeness (QED) is 0.0363. The number of hydrogen-bond donors (Lipinski definition) is 3. The van der Waals surface area contributed by atoms with Gasteiger partial charge in [-0.1, -0.05) is 88.4 Å². The third-order valence-electron chi connectivity index (χ3n) is 12.6. The van der Waals surface area contributed by atoms with Crippen molar-refractivity contribution >= 4 is 17.3 Å². The number of phenolic OH excluding ortho intramolecular Hbond substituents is 1. The summed E-state index contributed by atoms with van der Waals surface area (Å²) in [5.74, 6) is -1.22. The summed E-state index contributed by atoms with van der Waals surface area (Å²) < 4.78 is 14.0. The number of amides is 1. The van der Waals surface area contributed by atoms with Gasteiger partial charge in [0.15, 0.2) is 0 Å². The molecular formula is C47H67N3O9. The molecule has 5 rings (SSSR count). The number of oxime groups is 1. The smallest absolute Gasteiger partial charge is 0.269 e. The second-order valence-corrected chi connectivity index (χ2v) is 16.6. The molecule has 324 valence electrons. The molecule has 1 amide bonds. The fourth-order valence-electron chi connectivity index (χ4n) is 9.57. The van der Waals surface area contributed by atoms with Crippen LogP contribution in [0, 0.1) is 27.9 Å². The van der Waals surface area contributed by atoms with Crippen molar-refractivity contribution in [3.8, 4) is 11.5 Å². The van der Waals surface area contributed by atoms with E-state index in [1.54, 1.807) is 41.3 Å². The second kappa shape index (κ2) is 22.9. The van der Waals surface area contributed by atoms with Crippen molar-refractivity contribution in [2.75, 3.05) is 26.9 Å². The first-order chi connectivity index (χ1) is 28.7. The van der Waals surface area contributed by atoms with Crippen LogP contribution in [0.3, 0.4) is 0 Å². The number of aliphatic hydroxyl groups is 2. The summed E-state index contributed by atoms with van der Waals surface area (Å²) in [6, 6.07) is 10.8. The average molecular weight is 818 g/mol. The topological polar surface area (TPSA) is 164 Å². The molecule has 59 heavy (non-hydrogen) atoms. The van der Waals surface area contributed by atoms with Gasteiger partial charge in [-0.2, -0.15) is 0 Å². The SMILES string of the molecule is C=CCOC12Oc3ccc(O)cc3C3C(CCCCO)C(CCCCO)C=C(C(=NOCc4ccc([N+](=O)[O-])cc4)CC1N(C)C(=O)CCCCCCCCCCC)C32. The number of benzene rings is 2. The Morgan fingerprint density at radius 2 is 1.66 bits per heavy atom. The third kappa shape index (κ3) is 11.5. The Labute approximate surface area is 350 Å². The highest BCUT2D eigenvalue weighted by atomic mass is 16.7. The Balaban J connectivity index is 1.56. The fourth-order valence-corrected chi connectivity index (χ4v) is 9.57. The number of aliphatic hydroxyl groups excluding tert-OH is 2. The lowest BCUT2D eigenvalue weighted by molar-refractivity contribution is -0.384. The van der Waals surface area contributed by atoms with Crippen LogP contribution < -0.4 is 4.74 Å². The van der Waals surface area contributed by atoms with Gasteiger partial charge in [0.2, 0.25) is 11.7 Å². The van der Waals surface area contributed by atoms with Gasteiger partial charge in [0, 0.05) is 56.7 Å². The van der Waals surface area contributed by atoms with Crippen LogP contribution in [0.1, 0.15) is 133 Å². The molecule has 3 N–H and O–H groups in total. The maximum atomic E-state index is 14.3. The van der Waals surface area contributed by atoms with E-state index in [-0.39, 0.29) is 67.9 Å². The van der Waals surface area contributed by atoms with Crippen LogP contribution in [-0.4, -0.2) is 75.5 Å². The van der Waals surface area contributed by atoms with E-state index in [4.69, 9.17) is 19.5 Å². The third-order valence-corrected chi connectivity index (χ3v) is 12.6. The average Bonchev–Trinajstić information content (AvgIpc) is 3.23. The number of nitrogens with zero attached hydrogens (tertiary/aromatic N) is 3. The zero-order valence-corrected chi connectivity index (χ0v) is 35.3. The number of nitro groups is 1. The number of fused-ring (bicyclic) bond motifs is 2. The molecule has 0 aromatic heterocycles. The van der Waals surface area contributed by atoms with Gasteiger partial charge in [0.25, 0.3) is 5.69 Å². The zero-order chi connectivity index (χ0) is 42.2. The zero-order valence-electron chi connectivity index (χ0n) is 35.3. The molecule has 2 aliphatic carbocycles. The number of nitro benzene ring substituents is 1. The molecule has 12 heteroatoms. The van der Waals surface area contributed by atoms with Crippen molar-refractivity contribution < 1.29 is 39.3 Å². The van der Waals surface area contributed by atoms with Crippen molar-refractivity contribution in [2.24, 2.45) is 22.9 Å². The van der Waals surface area contributed by atoms with Crippen molar-refractivity contribution in [2.45, 2.75) is 140 Å². The summed E-state index contributed by atoms with van der Waals surface area (Å²) in [5, 5.41) is 46.6. The summed E-state index contributed by atoms with van der Waals surface area (Å²) in [4.78, 5) is 33.0. The van der Waals surface area contributed by atoms with Crippen LogP contribution in [0.2, 0.25) is 0 Å². The highest BCUT2D eigenvalue weighted by Gasteiger charge is 2.65. The second-order valence-electron chi connectivity index (χ2n) is 16.6. The van der Waals surface area contributed by atoms with E-state index in [0.29, 0.717) is 30.7 Å². The van der Waals surface area contributed by atoms with E-state index in [2.05, 4.69) is 19.6 Å². The van der Waals surface area contributed by atoms with Crippen molar-refractivity contribution in [3.63, 3.8) is 0 Å². The minimum Gasteiger partial charge on any atom is -0.508 e. The van der Waals surface area contributed by atoms with E-state index < -0.39 is 22.7 Å². The Morgan fingerprint density at radius 3 is 2.32 bits per heavy atom. The Bertz CT molecular complexity index is 1730. The number of rotatable bonds is 26. The largest absolute Gasteiger partial charge is 0.508 e. The van der Waals surface area contributed by atoms with Gasteiger partial charge in [-0.15, -0.1) is 6.58 Å². The van der Waals surface area contributed by atoms with Gasteiger partial charge in [0.1, 0.15) is 24.1 Å². The maximum Gasteiger partial charge on any atom is 0.269 e. The number of ether oxygens (including phenoxy) is 2. The minimum absolute atomic E-state index is 0.00746. The van der Waals surface area contributed by atoms with Crippen LogP contribution in [0.25, 0.3) is 0 Å². The molecule has 1 saturated carbocycles. The van der Waals surface area contributed by atoms with Gasteiger partial charge >= 0.3 is 0 Å². The monoisotopic (exact) mass is 817 g/mol. The van der Waals surface area contributed by atoms with Gasteiger partial charge in [-0.3, -0.25) is 14.9 Å². The summed E-state index contributed by atoms with van der Waals surface area (Å²) in [6.45, 7) is 6.63. The van der Waals surface area contributed by atoms with E-state index in [1.165, 1.54) is 50.7 Å². The number of unbranched alkanes of at least 4 members (excludes halogenated alkanes) is 10. The molecule has 2 aromatic carbocycles. The summed E-state index contributed by atoms with van der Waals surface area (Å²) in [6.07, 6.45) is 19.5. The number of carbonyl (C=O) groups is 1. The molecule has 0 bridgehead atoms. The molecular weight excluding hydrogens is 751 g/mol. The lowest BCUT2D eigenvalue weighted by atomic mass is 9.55. The predicted molar refractivity (Wildman–Crippen MR) is 229 cm³/mol. The van der Waals surface area contributed by atoms with Crippen molar-refractivity contribution in [1.29, 1.82) is 0 Å². The van der Waals surface area contributed by atoms with E-state index >= 15 is 0 Å². The molecule has 6 unspecified atom stereocenters. The van der Waals surface area contributed by atoms with Crippen LogP contribution in [0.15, 0.2) is 71.9 Å². The number of likely N-dealkylation sites (N-methyl/N-ethyl adjacent to an activating group) is 1.